The lowest BCUT2D eigenvalue weighted by molar-refractivity contribution is 0.106. The molecular formula is C11H24N2O. The molecule has 0 bridgehead atoms. The molecule has 1 heterocycles. The van der Waals surface area contributed by atoms with Gasteiger partial charge in [-0.05, 0) is 19.4 Å². The fourth-order valence-electron chi connectivity index (χ4n) is 2.07. The SMILES string of the molecule is CNC(CN1CCC(OC)C1)C(C)C. The van der Waals surface area contributed by atoms with E-state index in [4.69, 9.17) is 4.74 Å². The summed E-state index contributed by atoms with van der Waals surface area (Å²) in [6.45, 7) is 7.97. The summed E-state index contributed by atoms with van der Waals surface area (Å²) < 4.78 is 5.35. The Hall–Kier alpha value is -0.120. The van der Waals surface area contributed by atoms with Gasteiger partial charge < -0.3 is 10.1 Å². The smallest absolute Gasteiger partial charge is 0.0710 e. The first-order chi connectivity index (χ1) is 6.67. The minimum absolute atomic E-state index is 0.458. The van der Waals surface area contributed by atoms with Gasteiger partial charge in [-0.1, -0.05) is 13.8 Å². The monoisotopic (exact) mass is 200 g/mol. The van der Waals surface area contributed by atoms with Crippen molar-refractivity contribution in [2.45, 2.75) is 32.4 Å². The highest BCUT2D eigenvalue weighted by molar-refractivity contribution is 4.81. The molecule has 84 valence electrons. The van der Waals surface area contributed by atoms with Crippen molar-refractivity contribution in [2.75, 3.05) is 33.8 Å². The second kappa shape index (κ2) is 5.69. The molecule has 2 unspecified atom stereocenters. The van der Waals surface area contributed by atoms with Gasteiger partial charge in [0.15, 0.2) is 0 Å². The van der Waals surface area contributed by atoms with E-state index < -0.39 is 0 Å². The van der Waals surface area contributed by atoms with E-state index in [0.29, 0.717) is 18.1 Å². The molecule has 3 heteroatoms. The van der Waals surface area contributed by atoms with Crippen LogP contribution in [0.25, 0.3) is 0 Å². The number of nitrogens with one attached hydrogen (secondary N) is 1. The minimum atomic E-state index is 0.458. The van der Waals surface area contributed by atoms with Crippen LogP contribution in [0, 0.1) is 5.92 Å². The van der Waals surface area contributed by atoms with Gasteiger partial charge in [-0.25, -0.2) is 0 Å². The van der Waals surface area contributed by atoms with Crippen LogP contribution < -0.4 is 5.32 Å². The molecule has 0 aromatic heterocycles. The average molecular weight is 200 g/mol. The summed E-state index contributed by atoms with van der Waals surface area (Å²) in [4.78, 5) is 2.50. The Labute approximate surface area is 87.8 Å². The predicted molar refractivity (Wildman–Crippen MR) is 59.5 cm³/mol. The van der Waals surface area contributed by atoms with E-state index in [-0.39, 0.29) is 0 Å². The molecule has 0 aromatic carbocycles. The zero-order chi connectivity index (χ0) is 10.6. The molecule has 1 aliphatic heterocycles. The van der Waals surface area contributed by atoms with Crippen molar-refractivity contribution in [1.82, 2.24) is 10.2 Å². The fraction of sp³-hybridized carbons (Fsp3) is 1.00. The zero-order valence-corrected chi connectivity index (χ0v) is 9.92. The number of ether oxygens (including phenoxy) is 1. The minimum Gasteiger partial charge on any atom is -0.380 e. The zero-order valence-electron chi connectivity index (χ0n) is 9.92. The van der Waals surface area contributed by atoms with E-state index in [1.54, 1.807) is 0 Å². The first-order valence-electron chi connectivity index (χ1n) is 5.59. The molecular weight excluding hydrogens is 176 g/mol. The van der Waals surface area contributed by atoms with Crippen LogP contribution in [0.1, 0.15) is 20.3 Å². The van der Waals surface area contributed by atoms with Gasteiger partial charge in [0.25, 0.3) is 0 Å². The summed E-state index contributed by atoms with van der Waals surface area (Å²) in [6.07, 6.45) is 1.64. The van der Waals surface area contributed by atoms with Crippen molar-refractivity contribution in [1.29, 1.82) is 0 Å². The van der Waals surface area contributed by atoms with Gasteiger partial charge in [-0.2, -0.15) is 0 Å². The second-order valence-corrected chi connectivity index (χ2v) is 4.55. The Kier molecular flexibility index (Phi) is 4.85. The summed E-state index contributed by atoms with van der Waals surface area (Å²) in [5.41, 5.74) is 0. The first kappa shape index (κ1) is 12.0. The largest absolute Gasteiger partial charge is 0.380 e. The lowest BCUT2D eigenvalue weighted by atomic mass is 10.0. The van der Waals surface area contributed by atoms with Gasteiger partial charge in [0.2, 0.25) is 0 Å². The van der Waals surface area contributed by atoms with Gasteiger partial charge in [-0.3, -0.25) is 4.90 Å². The molecule has 0 amide bonds. The molecule has 14 heavy (non-hydrogen) atoms. The number of methoxy groups -OCH3 is 1. The molecule has 1 N–H and O–H groups in total. The quantitative estimate of drug-likeness (QED) is 0.715. The van der Waals surface area contributed by atoms with Gasteiger partial charge in [0.1, 0.15) is 0 Å². The molecule has 1 aliphatic rings. The number of nitrogens with zero attached hydrogens (tertiary/aromatic N) is 1. The number of hydrogen-bond acceptors (Lipinski definition) is 3. The molecule has 0 spiro atoms. The van der Waals surface area contributed by atoms with Crippen LogP contribution in [0.2, 0.25) is 0 Å². The Balaban J connectivity index is 2.30. The molecule has 2 atom stereocenters. The molecule has 1 fully saturated rings. The molecule has 3 nitrogen and oxygen atoms in total. The first-order valence-corrected chi connectivity index (χ1v) is 5.59. The highest BCUT2D eigenvalue weighted by Crippen LogP contribution is 2.13. The Morgan fingerprint density at radius 1 is 1.50 bits per heavy atom. The third-order valence-corrected chi connectivity index (χ3v) is 3.19. The van der Waals surface area contributed by atoms with Crippen LogP contribution in [0.15, 0.2) is 0 Å². The average Bonchev–Trinajstić information content (AvgIpc) is 2.61. The summed E-state index contributed by atoms with van der Waals surface area (Å²) >= 11 is 0. The van der Waals surface area contributed by atoms with E-state index in [1.165, 1.54) is 13.0 Å². The van der Waals surface area contributed by atoms with Crippen LogP contribution in [0.3, 0.4) is 0 Å². The van der Waals surface area contributed by atoms with Crippen LogP contribution in [-0.2, 0) is 4.74 Å². The third kappa shape index (κ3) is 3.23. The Bertz CT molecular complexity index is 161. The van der Waals surface area contributed by atoms with Crippen molar-refractivity contribution in [3.8, 4) is 0 Å². The Morgan fingerprint density at radius 2 is 2.21 bits per heavy atom. The number of likely N-dealkylation sites (N-methyl/N-ethyl adjacent to an activating group) is 1. The van der Waals surface area contributed by atoms with Crippen molar-refractivity contribution in [3.63, 3.8) is 0 Å². The van der Waals surface area contributed by atoms with Crippen LogP contribution in [0.5, 0.6) is 0 Å². The summed E-state index contributed by atoms with van der Waals surface area (Å²) in [5.74, 6) is 0.696. The number of hydrogen-bond donors (Lipinski definition) is 1. The van der Waals surface area contributed by atoms with Crippen LogP contribution in [0.4, 0.5) is 0 Å². The summed E-state index contributed by atoms with van der Waals surface area (Å²) in [6, 6.07) is 0.602. The summed E-state index contributed by atoms with van der Waals surface area (Å²) in [5, 5.41) is 3.38. The van der Waals surface area contributed by atoms with Crippen LogP contribution >= 0.6 is 0 Å². The molecule has 0 aromatic rings. The van der Waals surface area contributed by atoms with E-state index in [1.807, 2.05) is 7.11 Å². The molecule has 0 aliphatic carbocycles. The molecule has 1 saturated heterocycles. The number of rotatable bonds is 5. The lowest BCUT2D eigenvalue weighted by Gasteiger charge is -2.26. The maximum Gasteiger partial charge on any atom is 0.0710 e. The number of likely N-dealkylation sites (tertiary alicyclic amines) is 1. The van der Waals surface area contributed by atoms with E-state index >= 15 is 0 Å². The molecule has 0 radical (unpaired) electrons. The highest BCUT2D eigenvalue weighted by Gasteiger charge is 2.24. The van der Waals surface area contributed by atoms with Crippen molar-refractivity contribution in [2.24, 2.45) is 5.92 Å². The molecule has 1 rings (SSSR count). The van der Waals surface area contributed by atoms with Crippen molar-refractivity contribution >= 4 is 0 Å². The van der Waals surface area contributed by atoms with Gasteiger partial charge >= 0.3 is 0 Å². The second-order valence-electron chi connectivity index (χ2n) is 4.55. The van der Waals surface area contributed by atoms with Crippen LogP contribution in [-0.4, -0.2) is 50.8 Å². The standard InChI is InChI=1S/C11H24N2O/c1-9(2)11(12-3)8-13-6-5-10(7-13)14-4/h9-12H,5-8H2,1-4H3. The van der Waals surface area contributed by atoms with Gasteiger partial charge in [0, 0.05) is 32.8 Å². The topological polar surface area (TPSA) is 24.5 Å². The van der Waals surface area contributed by atoms with Crippen molar-refractivity contribution in [3.05, 3.63) is 0 Å². The predicted octanol–water partition coefficient (Wildman–Crippen LogP) is 0.951. The lowest BCUT2D eigenvalue weighted by Crippen LogP contribution is -2.42. The van der Waals surface area contributed by atoms with Gasteiger partial charge in [-0.15, -0.1) is 0 Å². The Morgan fingerprint density at radius 3 is 2.64 bits per heavy atom. The maximum atomic E-state index is 5.35. The summed E-state index contributed by atoms with van der Waals surface area (Å²) in [7, 11) is 3.86. The molecule has 0 saturated carbocycles. The van der Waals surface area contributed by atoms with E-state index in [0.717, 1.165) is 13.1 Å². The maximum absolute atomic E-state index is 5.35. The van der Waals surface area contributed by atoms with E-state index in [9.17, 15) is 0 Å². The van der Waals surface area contributed by atoms with E-state index in [2.05, 4.69) is 31.1 Å². The van der Waals surface area contributed by atoms with Gasteiger partial charge in [0.05, 0.1) is 6.10 Å². The third-order valence-electron chi connectivity index (χ3n) is 3.19. The van der Waals surface area contributed by atoms with Crippen molar-refractivity contribution < 1.29 is 4.74 Å². The normalized spacial score (nSPS) is 25.9. The highest BCUT2D eigenvalue weighted by atomic mass is 16.5. The fourth-order valence-corrected chi connectivity index (χ4v) is 2.07.